The third-order valence-electron chi connectivity index (χ3n) is 3.33. The number of fused-ring (bicyclic) bond motifs is 3. The van der Waals surface area contributed by atoms with Gasteiger partial charge in [-0.05, 0) is 23.9 Å². The van der Waals surface area contributed by atoms with Crippen molar-refractivity contribution in [2.45, 2.75) is 6.92 Å². The highest BCUT2D eigenvalue weighted by atomic mass is 16.1. The van der Waals surface area contributed by atoms with Crippen LogP contribution in [0.2, 0.25) is 0 Å². The maximum atomic E-state index is 12.3. The molecule has 17 heavy (non-hydrogen) atoms. The Bertz CT molecular complexity index is 784. The molecule has 3 aromatic rings. The molecule has 0 fully saturated rings. The third kappa shape index (κ3) is 1.30. The summed E-state index contributed by atoms with van der Waals surface area (Å²) in [5.41, 5.74) is 2.23. The fourth-order valence-corrected chi connectivity index (χ4v) is 2.51. The van der Waals surface area contributed by atoms with Gasteiger partial charge in [-0.25, -0.2) is 0 Å². The smallest absolute Gasteiger partial charge is 0.258 e. The van der Waals surface area contributed by atoms with Crippen LogP contribution in [0.4, 0.5) is 0 Å². The van der Waals surface area contributed by atoms with E-state index in [1.54, 1.807) is 4.57 Å². The van der Waals surface area contributed by atoms with Gasteiger partial charge in [-0.2, -0.15) is 0 Å². The molecule has 0 atom stereocenters. The van der Waals surface area contributed by atoms with Crippen LogP contribution in [0.5, 0.6) is 0 Å². The number of rotatable bonds is 0. The second-order valence-corrected chi connectivity index (χ2v) is 4.38. The second-order valence-electron chi connectivity index (χ2n) is 4.38. The number of pyridine rings is 1. The van der Waals surface area contributed by atoms with Crippen molar-refractivity contribution in [2.75, 3.05) is 0 Å². The van der Waals surface area contributed by atoms with Crippen molar-refractivity contribution in [1.29, 1.82) is 0 Å². The molecule has 1 aromatic heterocycles. The molecule has 0 bridgehead atoms. The van der Waals surface area contributed by atoms with Crippen LogP contribution in [0.15, 0.2) is 47.3 Å². The Labute approximate surface area is 99.1 Å². The predicted molar refractivity (Wildman–Crippen MR) is 71.4 cm³/mol. The SMILES string of the molecule is Cc1cccc2c3ccccc3c(=O)n(C)c12. The molecule has 2 aromatic carbocycles. The molecule has 0 saturated carbocycles. The van der Waals surface area contributed by atoms with E-state index in [-0.39, 0.29) is 5.56 Å². The number of nitrogens with zero attached hydrogens (tertiary/aromatic N) is 1. The first-order valence-corrected chi connectivity index (χ1v) is 5.67. The fraction of sp³-hybridized carbons (Fsp3) is 0.133. The molecular formula is C15H13NO. The number of aryl methyl sites for hydroxylation is 2. The largest absolute Gasteiger partial charge is 0.311 e. The number of para-hydroxylation sites is 1. The number of benzene rings is 2. The van der Waals surface area contributed by atoms with Gasteiger partial charge in [0.15, 0.2) is 0 Å². The summed E-state index contributed by atoms with van der Waals surface area (Å²) in [7, 11) is 1.84. The predicted octanol–water partition coefficient (Wildman–Crippen LogP) is 3.00. The molecule has 3 rings (SSSR count). The first-order valence-electron chi connectivity index (χ1n) is 5.67. The van der Waals surface area contributed by atoms with Crippen LogP contribution in [-0.4, -0.2) is 4.57 Å². The lowest BCUT2D eigenvalue weighted by Gasteiger charge is -2.10. The highest BCUT2D eigenvalue weighted by Gasteiger charge is 2.08. The highest BCUT2D eigenvalue weighted by molar-refractivity contribution is 6.06. The van der Waals surface area contributed by atoms with E-state index in [0.717, 1.165) is 27.2 Å². The molecule has 0 unspecified atom stereocenters. The van der Waals surface area contributed by atoms with Gasteiger partial charge in [0.05, 0.1) is 5.52 Å². The summed E-state index contributed by atoms with van der Waals surface area (Å²) >= 11 is 0. The Kier molecular flexibility index (Phi) is 2.05. The van der Waals surface area contributed by atoms with Gasteiger partial charge in [-0.3, -0.25) is 4.79 Å². The van der Waals surface area contributed by atoms with Gasteiger partial charge >= 0.3 is 0 Å². The molecule has 0 N–H and O–H groups in total. The Morgan fingerprint density at radius 1 is 0.882 bits per heavy atom. The number of hydrogen-bond donors (Lipinski definition) is 0. The molecule has 0 radical (unpaired) electrons. The van der Waals surface area contributed by atoms with Crippen molar-refractivity contribution >= 4 is 21.7 Å². The highest BCUT2D eigenvalue weighted by Crippen LogP contribution is 2.24. The van der Waals surface area contributed by atoms with Crippen LogP contribution in [0, 0.1) is 6.92 Å². The van der Waals surface area contributed by atoms with Gasteiger partial charge in [0, 0.05) is 17.8 Å². The lowest BCUT2D eigenvalue weighted by Crippen LogP contribution is -2.17. The zero-order valence-electron chi connectivity index (χ0n) is 9.90. The minimum atomic E-state index is 0.0717. The monoisotopic (exact) mass is 223 g/mol. The average Bonchev–Trinajstić information content (AvgIpc) is 2.36. The van der Waals surface area contributed by atoms with Crippen LogP contribution in [0.3, 0.4) is 0 Å². The molecule has 2 nitrogen and oxygen atoms in total. The van der Waals surface area contributed by atoms with E-state index >= 15 is 0 Å². The van der Waals surface area contributed by atoms with E-state index in [2.05, 4.69) is 6.07 Å². The first-order chi connectivity index (χ1) is 8.20. The molecule has 2 heteroatoms. The van der Waals surface area contributed by atoms with Crippen molar-refractivity contribution in [3.8, 4) is 0 Å². The minimum absolute atomic E-state index is 0.0717. The maximum Gasteiger partial charge on any atom is 0.258 e. The topological polar surface area (TPSA) is 22.0 Å². The molecule has 0 spiro atoms. The van der Waals surface area contributed by atoms with Crippen molar-refractivity contribution in [3.05, 3.63) is 58.4 Å². The third-order valence-corrected chi connectivity index (χ3v) is 3.33. The summed E-state index contributed by atoms with van der Waals surface area (Å²) in [6, 6.07) is 13.9. The van der Waals surface area contributed by atoms with Crippen LogP contribution in [0.25, 0.3) is 21.7 Å². The van der Waals surface area contributed by atoms with Crippen molar-refractivity contribution in [1.82, 2.24) is 4.57 Å². The van der Waals surface area contributed by atoms with Crippen LogP contribution in [-0.2, 0) is 7.05 Å². The maximum absolute atomic E-state index is 12.3. The van der Waals surface area contributed by atoms with Crippen LogP contribution in [0.1, 0.15) is 5.56 Å². The first kappa shape index (κ1) is 10.1. The van der Waals surface area contributed by atoms with Gasteiger partial charge in [0.25, 0.3) is 5.56 Å². The molecule has 0 saturated heterocycles. The molecule has 0 aliphatic carbocycles. The van der Waals surface area contributed by atoms with E-state index in [1.165, 1.54) is 0 Å². The van der Waals surface area contributed by atoms with Crippen molar-refractivity contribution < 1.29 is 0 Å². The standard InChI is InChI=1S/C15H13NO/c1-10-6-5-9-12-11-7-3-4-8-13(11)15(17)16(2)14(10)12/h3-9H,1-2H3. The van der Waals surface area contributed by atoms with Gasteiger partial charge in [0.1, 0.15) is 0 Å². The van der Waals surface area contributed by atoms with Crippen molar-refractivity contribution in [3.63, 3.8) is 0 Å². The summed E-state index contributed by atoms with van der Waals surface area (Å²) < 4.78 is 1.74. The van der Waals surface area contributed by atoms with Gasteiger partial charge in [-0.1, -0.05) is 36.4 Å². The molecule has 84 valence electrons. The number of hydrogen-bond acceptors (Lipinski definition) is 1. The Balaban J connectivity index is 2.76. The quantitative estimate of drug-likeness (QED) is 0.537. The fourth-order valence-electron chi connectivity index (χ4n) is 2.51. The lowest BCUT2D eigenvalue weighted by molar-refractivity contribution is 0.914. The molecule has 0 amide bonds. The second kappa shape index (κ2) is 3.45. The van der Waals surface area contributed by atoms with Crippen molar-refractivity contribution in [2.24, 2.45) is 7.05 Å². The summed E-state index contributed by atoms with van der Waals surface area (Å²) in [5, 5.41) is 2.96. The normalized spacial score (nSPS) is 11.2. The Hall–Kier alpha value is -2.09. The molecular weight excluding hydrogens is 210 g/mol. The lowest BCUT2D eigenvalue weighted by atomic mass is 10.0. The summed E-state index contributed by atoms with van der Waals surface area (Å²) in [4.78, 5) is 12.3. The molecule has 0 aliphatic heterocycles. The van der Waals surface area contributed by atoms with Gasteiger partial charge < -0.3 is 4.57 Å². The molecule has 0 aliphatic rings. The van der Waals surface area contributed by atoms with E-state index in [4.69, 9.17) is 0 Å². The van der Waals surface area contributed by atoms with Crippen LogP contribution < -0.4 is 5.56 Å². The van der Waals surface area contributed by atoms with Gasteiger partial charge in [-0.15, -0.1) is 0 Å². The summed E-state index contributed by atoms with van der Waals surface area (Å²) in [6.45, 7) is 2.04. The Morgan fingerprint density at radius 3 is 2.29 bits per heavy atom. The average molecular weight is 223 g/mol. The minimum Gasteiger partial charge on any atom is -0.311 e. The summed E-state index contributed by atoms with van der Waals surface area (Å²) in [5.74, 6) is 0. The number of aromatic nitrogens is 1. The van der Waals surface area contributed by atoms with E-state index in [0.29, 0.717) is 0 Å². The van der Waals surface area contributed by atoms with Crippen LogP contribution >= 0.6 is 0 Å². The van der Waals surface area contributed by atoms with E-state index < -0.39 is 0 Å². The zero-order chi connectivity index (χ0) is 12.0. The zero-order valence-corrected chi connectivity index (χ0v) is 9.90. The van der Waals surface area contributed by atoms with E-state index in [9.17, 15) is 4.79 Å². The Morgan fingerprint density at radius 2 is 1.53 bits per heavy atom. The van der Waals surface area contributed by atoms with E-state index in [1.807, 2.05) is 50.4 Å². The summed E-state index contributed by atoms with van der Waals surface area (Å²) in [6.07, 6.45) is 0. The van der Waals surface area contributed by atoms with Gasteiger partial charge in [0.2, 0.25) is 0 Å². The molecule has 1 heterocycles.